The fourth-order valence-corrected chi connectivity index (χ4v) is 2.19. The number of aromatic nitrogens is 2. The molecule has 0 fully saturated rings. The first-order valence-electron chi connectivity index (χ1n) is 8.10. The Hall–Kier alpha value is -2.16. The summed E-state index contributed by atoms with van der Waals surface area (Å²) in [4.78, 5) is 27.6. The van der Waals surface area contributed by atoms with Crippen LogP contribution < -0.4 is 16.4 Å². The number of nitrogens with zero attached hydrogens (tertiary/aromatic N) is 2. The number of hydrogen-bond donors (Lipinski definition) is 4. The maximum atomic E-state index is 12.2. The zero-order chi connectivity index (χ0) is 18.3. The molecule has 0 aliphatic rings. The molecule has 0 saturated heterocycles. The molecule has 1 heterocycles. The van der Waals surface area contributed by atoms with E-state index in [1.807, 2.05) is 27.7 Å². The molecule has 2 amide bonds. The van der Waals surface area contributed by atoms with Crippen molar-refractivity contribution in [3.8, 4) is 0 Å². The van der Waals surface area contributed by atoms with Crippen LogP contribution in [0.15, 0.2) is 4.52 Å². The van der Waals surface area contributed by atoms with E-state index >= 15 is 0 Å². The molecule has 0 radical (unpaired) electrons. The number of hydrogen-bond acceptors (Lipinski definition) is 6. The van der Waals surface area contributed by atoms with Gasteiger partial charge < -0.3 is 26.0 Å². The lowest BCUT2D eigenvalue weighted by Gasteiger charge is -2.23. The van der Waals surface area contributed by atoms with Gasteiger partial charge in [0.05, 0.1) is 6.54 Å². The fraction of sp³-hybridized carbons (Fsp3) is 0.733. The number of aliphatic carboxylic acids is 1. The topological polar surface area (TPSA) is 143 Å². The van der Waals surface area contributed by atoms with Gasteiger partial charge >= 0.3 is 12.0 Å². The first-order valence-corrected chi connectivity index (χ1v) is 8.10. The molecule has 1 aromatic rings. The van der Waals surface area contributed by atoms with Crippen LogP contribution in [-0.2, 0) is 11.3 Å². The molecule has 9 heteroatoms. The average molecular weight is 341 g/mol. The van der Waals surface area contributed by atoms with Crippen LogP contribution in [0.5, 0.6) is 0 Å². The molecule has 3 atom stereocenters. The average Bonchev–Trinajstić information content (AvgIpc) is 2.99. The van der Waals surface area contributed by atoms with E-state index in [1.165, 1.54) is 0 Å². The van der Waals surface area contributed by atoms with Gasteiger partial charge in [0.2, 0.25) is 5.89 Å². The van der Waals surface area contributed by atoms with E-state index in [2.05, 4.69) is 20.8 Å². The second kappa shape index (κ2) is 9.21. The molecular formula is C15H27N5O4. The highest BCUT2D eigenvalue weighted by molar-refractivity contribution is 5.82. The van der Waals surface area contributed by atoms with Gasteiger partial charge in [-0.1, -0.05) is 39.3 Å². The highest BCUT2D eigenvalue weighted by Crippen LogP contribution is 2.23. The van der Waals surface area contributed by atoms with Gasteiger partial charge in [-0.25, -0.2) is 9.59 Å². The van der Waals surface area contributed by atoms with E-state index in [-0.39, 0.29) is 24.3 Å². The zero-order valence-corrected chi connectivity index (χ0v) is 14.6. The largest absolute Gasteiger partial charge is 0.480 e. The van der Waals surface area contributed by atoms with Crippen molar-refractivity contribution in [1.29, 1.82) is 0 Å². The minimum atomic E-state index is -1.07. The predicted molar refractivity (Wildman–Crippen MR) is 86.9 cm³/mol. The molecule has 1 rings (SSSR count). The number of amides is 2. The molecule has 1 aromatic heterocycles. The minimum absolute atomic E-state index is 0.0233. The minimum Gasteiger partial charge on any atom is -0.480 e. The molecule has 5 N–H and O–H groups in total. The second-order valence-electron chi connectivity index (χ2n) is 6.25. The first-order chi connectivity index (χ1) is 11.3. The number of nitrogens with two attached hydrogens (primary N) is 1. The van der Waals surface area contributed by atoms with Crippen molar-refractivity contribution >= 4 is 12.0 Å². The Morgan fingerprint density at radius 1 is 1.29 bits per heavy atom. The van der Waals surface area contributed by atoms with Crippen LogP contribution in [0, 0.1) is 11.8 Å². The van der Waals surface area contributed by atoms with Crippen LogP contribution in [0.2, 0.25) is 0 Å². The summed E-state index contributed by atoms with van der Waals surface area (Å²) in [6.07, 6.45) is 1.11. The summed E-state index contributed by atoms with van der Waals surface area (Å²) < 4.78 is 5.16. The molecule has 0 aliphatic carbocycles. The van der Waals surface area contributed by atoms with E-state index in [0.29, 0.717) is 12.2 Å². The lowest BCUT2D eigenvalue weighted by atomic mass is 9.99. The summed E-state index contributed by atoms with van der Waals surface area (Å²) in [6.45, 7) is 7.82. The van der Waals surface area contributed by atoms with Gasteiger partial charge in [-0.3, -0.25) is 0 Å². The SMILES string of the molecule is CC[C@H](C)C(NC(=O)N[C@@H](CC(C)C)C(=O)O)c1nc(CN)no1. The third-order valence-electron chi connectivity index (χ3n) is 3.74. The van der Waals surface area contributed by atoms with E-state index in [0.717, 1.165) is 6.42 Å². The number of urea groups is 1. The molecule has 24 heavy (non-hydrogen) atoms. The summed E-state index contributed by atoms with van der Waals surface area (Å²) in [7, 11) is 0. The second-order valence-corrected chi connectivity index (χ2v) is 6.25. The van der Waals surface area contributed by atoms with Crippen LogP contribution in [-0.4, -0.2) is 33.3 Å². The Morgan fingerprint density at radius 3 is 2.42 bits per heavy atom. The van der Waals surface area contributed by atoms with Crippen molar-refractivity contribution < 1.29 is 19.2 Å². The number of carboxylic acids is 1. The molecule has 0 aliphatic heterocycles. The van der Waals surface area contributed by atoms with Crippen LogP contribution in [0.1, 0.15) is 58.3 Å². The normalized spacial score (nSPS) is 14.9. The lowest BCUT2D eigenvalue weighted by molar-refractivity contribution is -0.139. The highest BCUT2D eigenvalue weighted by Gasteiger charge is 2.28. The van der Waals surface area contributed by atoms with E-state index in [9.17, 15) is 14.7 Å². The summed E-state index contributed by atoms with van der Waals surface area (Å²) in [5.41, 5.74) is 5.47. The number of nitrogens with one attached hydrogen (secondary N) is 2. The van der Waals surface area contributed by atoms with Crippen molar-refractivity contribution in [2.75, 3.05) is 0 Å². The Balaban J connectivity index is 2.82. The fourth-order valence-electron chi connectivity index (χ4n) is 2.19. The standard InChI is InChI=1S/C15H27N5O4/c1-5-9(4)12(13-18-11(7-16)20-24-13)19-15(23)17-10(14(21)22)6-8(2)3/h8-10,12H,5-7,16H2,1-4H3,(H,21,22)(H2,17,19,23)/t9-,10-,12?/m0/s1. The van der Waals surface area contributed by atoms with Gasteiger partial charge in [0.15, 0.2) is 5.82 Å². The molecule has 9 nitrogen and oxygen atoms in total. The van der Waals surface area contributed by atoms with Crippen molar-refractivity contribution in [3.63, 3.8) is 0 Å². The van der Waals surface area contributed by atoms with Crippen molar-refractivity contribution in [2.45, 2.75) is 59.2 Å². The van der Waals surface area contributed by atoms with E-state index < -0.39 is 24.1 Å². The third kappa shape index (κ3) is 5.80. The van der Waals surface area contributed by atoms with Crippen molar-refractivity contribution in [1.82, 2.24) is 20.8 Å². The number of rotatable bonds is 9. The molecule has 0 aromatic carbocycles. The smallest absolute Gasteiger partial charge is 0.326 e. The Labute approximate surface area is 141 Å². The van der Waals surface area contributed by atoms with Crippen LogP contribution >= 0.6 is 0 Å². The van der Waals surface area contributed by atoms with Crippen LogP contribution in [0.4, 0.5) is 4.79 Å². The number of carbonyl (C=O) groups excluding carboxylic acids is 1. The van der Waals surface area contributed by atoms with Gasteiger partial charge in [-0.05, 0) is 18.3 Å². The third-order valence-corrected chi connectivity index (χ3v) is 3.74. The van der Waals surface area contributed by atoms with Gasteiger partial charge in [0.1, 0.15) is 12.1 Å². The summed E-state index contributed by atoms with van der Waals surface area (Å²) in [6, 6.07) is -2.05. The zero-order valence-electron chi connectivity index (χ0n) is 14.6. The Bertz CT molecular complexity index is 546. The van der Waals surface area contributed by atoms with Gasteiger partial charge in [-0.15, -0.1) is 0 Å². The monoisotopic (exact) mass is 341 g/mol. The first kappa shape index (κ1) is 19.9. The quantitative estimate of drug-likeness (QED) is 0.531. The highest BCUT2D eigenvalue weighted by atomic mass is 16.5. The number of carbonyl (C=O) groups is 2. The molecule has 0 bridgehead atoms. The predicted octanol–water partition coefficient (Wildman–Crippen LogP) is 1.41. The molecule has 136 valence electrons. The summed E-state index contributed by atoms with van der Waals surface area (Å²) >= 11 is 0. The summed E-state index contributed by atoms with van der Waals surface area (Å²) in [5.74, 6) is -0.295. The molecule has 0 saturated carbocycles. The Morgan fingerprint density at radius 2 is 1.96 bits per heavy atom. The van der Waals surface area contributed by atoms with Gasteiger partial charge in [0, 0.05) is 0 Å². The maximum absolute atomic E-state index is 12.2. The maximum Gasteiger partial charge on any atom is 0.326 e. The van der Waals surface area contributed by atoms with Gasteiger partial charge in [-0.2, -0.15) is 4.98 Å². The molecule has 1 unspecified atom stereocenters. The molecule has 0 spiro atoms. The van der Waals surface area contributed by atoms with Crippen LogP contribution in [0.25, 0.3) is 0 Å². The Kier molecular flexibility index (Phi) is 7.63. The van der Waals surface area contributed by atoms with E-state index in [1.54, 1.807) is 0 Å². The van der Waals surface area contributed by atoms with Gasteiger partial charge in [0.25, 0.3) is 0 Å². The lowest BCUT2D eigenvalue weighted by Crippen LogP contribution is -2.48. The number of carboxylic acid groups (broad SMARTS) is 1. The molecular weight excluding hydrogens is 314 g/mol. The van der Waals surface area contributed by atoms with Crippen LogP contribution in [0.3, 0.4) is 0 Å². The van der Waals surface area contributed by atoms with E-state index in [4.69, 9.17) is 10.3 Å². The van der Waals surface area contributed by atoms with Crippen molar-refractivity contribution in [2.24, 2.45) is 17.6 Å². The summed E-state index contributed by atoms with van der Waals surface area (Å²) in [5, 5.41) is 18.2. The van der Waals surface area contributed by atoms with Crippen molar-refractivity contribution in [3.05, 3.63) is 11.7 Å².